The van der Waals surface area contributed by atoms with Gasteiger partial charge in [0, 0.05) is 19.3 Å². The lowest BCUT2D eigenvalue weighted by Crippen LogP contribution is -2.35. The van der Waals surface area contributed by atoms with Gasteiger partial charge in [0.2, 0.25) is 10.0 Å². The molecule has 1 fully saturated rings. The molecule has 10 heteroatoms. The van der Waals surface area contributed by atoms with Crippen LogP contribution in [0.4, 0.5) is 5.69 Å². The smallest absolute Gasteiger partial charge is 0.263 e. The summed E-state index contributed by atoms with van der Waals surface area (Å²) in [5.74, 6) is 0. The summed E-state index contributed by atoms with van der Waals surface area (Å²) in [7, 11) is -7.54. The van der Waals surface area contributed by atoms with Gasteiger partial charge in [-0.15, -0.1) is 0 Å². The monoisotopic (exact) mass is 415 g/mol. The number of pyridine rings is 1. The molecule has 1 aromatic heterocycles. The van der Waals surface area contributed by atoms with E-state index in [1.165, 1.54) is 40.7 Å². The Kier molecular flexibility index (Phi) is 5.52. The van der Waals surface area contributed by atoms with Crippen molar-refractivity contribution in [2.24, 2.45) is 0 Å². The molecule has 1 saturated heterocycles. The van der Waals surface area contributed by atoms with Gasteiger partial charge in [-0.2, -0.15) is 4.31 Å². The van der Waals surface area contributed by atoms with Gasteiger partial charge < -0.3 is 0 Å². The molecule has 2 aromatic rings. The molecule has 2 heterocycles. The fourth-order valence-electron chi connectivity index (χ4n) is 2.71. The zero-order valence-electron chi connectivity index (χ0n) is 13.8. The highest BCUT2D eigenvalue weighted by Gasteiger charge is 2.26. The summed E-state index contributed by atoms with van der Waals surface area (Å²) in [5.41, 5.74) is 0.165. The second-order valence-electron chi connectivity index (χ2n) is 5.91. The normalized spacial score (nSPS) is 16.3. The van der Waals surface area contributed by atoms with Gasteiger partial charge in [-0.05, 0) is 43.2 Å². The van der Waals surface area contributed by atoms with Crippen LogP contribution >= 0.6 is 11.6 Å². The van der Waals surface area contributed by atoms with E-state index in [0.29, 0.717) is 13.1 Å². The third kappa shape index (κ3) is 4.17. The molecule has 0 radical (unpaired) electrons. The van der Waals surface area contributed by atoms with Gasteiger partial charge in [0.05, 0.1) is 10.6 Å². The minimum atomic E-state index is -3.90. The van der Waals surface area contributed by atoms with E-state index in [0.717, 1.165) is 25.5 Å². The Morgan fingerprint density at radius 1 is 0.962 bits per heavy atom. The average Bonchev–Trinajstić information content (AvgIpc) is 2.63. The lowest BCUT2D eigenvalue weighted by Gasteiger charge is -2.26. The summed E-state index contributed by atoms with van der Waals surface area (Å²) in [4.78, 5) is 3.75. The molecule has 1 aliphatic heterocycles. The summed E-state index contributed by atoms with van der Waals surface area (Å²) >= 11 is 5.67. The van der Waals surface area contributed by atoms with Gasteiger partial charge >= 0.3 is 0 Å². The lowest BCUT2D eigenvalue weighted by atomic mass is 10.2. The number of nitrogens with zero attached hydrogens (tertiary/aromatic N) is 2. The maximum atomic E-state index is 12.7. The van der Waals surface area contributed by atoms with Crippen LogP contribution in [0.25, 0.3) is 0 Å². The van der Waals surface area contributed by atoms with Crippen molar-refractivity contribution in [2.45, 2.75) is 29.1 Å². The lowest BCUT2D eigenvalue weighted by molar-refractivity contribution is 0.346. The number of anilines is 1. The van der Waals surface area contributed by atoms with E-state index in [1.807, 2.05) is 0 Å². The van der Waals surface area contributed by atoms with Crippen molar-refractivity contribution >= 4 is 37.3 Å². The van der Waals surface area contributed by atoms with Crippen molar-refractivity contribution in [3.63, 3.8) is 0 Å². The SMILES string of the molecule is O=S(=O)(Nc1cccc(S(=O)(=O)N2CCCCC2)c1)c1ccc(Cl)nc1. The Morgan fingerprint density at radius 3 is 2.35 bits per heavy atom. The molecule has 0 unspecified atom stereocenters. The molecule has 1 N–H and O–H groups in total. The van der Waals surface area contributed by atoms with Crippen molar-refractivity contribution in [3.05, 3.63) is 47.7 Å². The molecular formula is C16H18ClN3O4S2. The van der Waals surface area contributed by atoms with Crippen LogP contribution in [-0.2, 0) is 20.0 Å². The van der Waals surface area contributed by atoms with Gasteiger partial charge in [-0.1, -0.05) is 24.1 Å². The summed E-state index contributed by atoms with van der Waals surface area (Å²) in [5, 5.41) is 0.179. The minimum absolute atomic E-state index is 0.0637. The molecular weight excluding hydrogens is 398 g/mol. The van der Waals surface area contributed by atoms with Crippen LogP contribution in [0, 0.1) is 0 Å². The summed E-state index contributed by atoms with van der Waals surface area (Å²) in [6.07, 6.45) is 3.81. The van der Waals surface area contributed by atoms with Crippen LogP contribution in [0.5, 0.6) is 0 Å². The molecule has 0 amide bonds. The summed E-state index contributed by atoms with van der Waals surface area (Å²) in [6, 6.07) is 8.49. The van der Waals surface area contributed by atoms with Gasteiger partial charge in [0.15, 0.2) is 0 Å². The van der Waals surface area contributed by atoms with Gasteiger partial charge in [-0.25, -0.2) is 21.8 Å². The number of piperidine rings is 1. The first-order valence-corrected chi connectivity index (χ1v) is 11.3. The minimum Gasteiger partial charge on any atom is -0.280 e. The number of aromatic nitrogens is 1. The molecule has 0 atom stereocenters. The number of hydrogen-bond acceptors (Lipinski definition) is 5. The fourth-order valence-corrected chi connectivity index (χ4v) is 5.38. The summed E-state index contributed by atoms with van der Waals surface area (Å²) < 4.78 is 54.1. The Hall–Kier alpha value is -1.68. The fraction of sp³-hybridized carbons (Fsp3) is 0.312. The molecule has 3 rings (SSSR count). The van der Waals surface area contributed by atoms with Crippen LogP contribution in [0.1, 0.15) is 19.3 Å². The number of sulfonamides is 2. The topological polar surface area (TPSA) is 96.4 Å². The molecule has 1 aliphatic rings. The Morgan fingerprint density at radius 2 is 1.69 bits per heavy atom. The van der Waals surface area contributed by atoms with E-state index in [4.69, 9.17) is 11.6 Å². The number of halogens is 1. The molecule has 0 saturated carbocycles. The van der Waals surface area contributed by atoms with Crippen LogP contribution < -0.4 is 4.72 Å². The van der Waals surface area contributed by atoms with Crippen LogP contribution in [0.3, 0.4) is 0 Å². The second kappa shape index (κ2) is 7.51. The average molecular weight is 416 g/mol. The van der Waals surface area contributed by atoms with E-state index < -0.39 is 20.0 Å². The van der Waals surface area contributed by atoms with E-state index >= 15 is 0 Å². The van der Waals surface area contributed by atoms with Crippen molar-refractivity contribution in [1.29, 1.82) is 0 Å². The van der Waals surface area contributed by atoms with Crippen molar-refractivity contribution in [2.75, 3.05) is 17.8 Å². The maximum Gasteiger partial charge on any atom is 0.263 e. The molecule has 0 bridgehead atoms. The molecule has 140 valence electrons. The quantitative estimate of drug-likeness (QED) is 0.757. The van der Waals surface area contributed by atoms with Gasteiger partial charge in [0.1, 0.15) is 10.0 Å². The highest BCUT2D eigenvalue weighted by atomic mass is 35.5. The van der Waals surface area contributed by atoms with E-state index in [9.17, 15) is 16.8 Å². The zero-order chi connectivity index (χ0) is 18.8. The molecule has 0 aliphatic carbocycles. The number of nitrogens with one attached hydrogen (secondary N) is 1. The van der Waals surface area contributed by atoms with E-state index in [-0.39, 0.29) is 20.6 Å². The van der Waals surface area contributed by atoms with Crippen molar-refractivity contribution in [3.8, 4) is 0 Å². The largest absolute Gasteiger partial charge is 0.280 e. The van der Waals surface area contributed by atoms with Crippen molar-refractivity contribution < 1.29 is 16.8 Å². The number of rotatable bonds is 5. The molecule has 7 nitrogen and oxygen atoms in total. The van der Waals surface area contributed by atoms with E-state index in [1.54, 1.807) is 0 Å². The first kappa shape index (κ1) is 19.1. The van der Waals surface area contributed by atoms with Crippen LogP contribution in [-0.4, -0.2) is 39.2 Å². The number of benzene rings is 1. The zero-order valence-corrected chi connectivity index (χ0v) is 16.2. The Bertz CT molecular complexity index is 986. The third-order valence-corrected chi connectivity index (χ3v) is 7.53. The predicted octanol–water partition coefficient (Wildman–Crippen LogP) is 2.71. The highest BCUT2D eigenvalue weighted by molar-refractivity contribution is 7.92. The second-order valence-corrected chi connectivity index (χ2v) is 9.92. The van der Waals surface area contributed by atoms with E-state index in [2.05, 4.69) is 9.71 Å². The first-order chi connectivity index (χ1) is 12.3. The van der Waals surface area contributed by atoms with Crippen LogP contribution in [0.2, 0.25) is 5.15 Å². The molecule has 0 spiro atoms. The molecule has 1 aromatic carbocycles. The standard InChI is InChI=1S/C16H18ClN3O4S2/c17-16-8-7-15(12-18-16)25(21,22)19-13-5-4-6-14(11-13)26(23,24)20-9-2-1-3-10-20/h4-8,11-12,19H,1-3,9-10H2. The first-order valence-electron chi connectivity index (χ1n) is 8.04. The van der Waals surface area contributed by atoms with Crippen molar-refractivity contribution in [1.82, 2.24) is 9.29 Å². The Labute approximate surface area is 158 Å². The van der Waals surface area contributed by atoms with Gasteiger partial charge in [-0.3, -0.25) is 4.72 Å². The summed E-state index contributed by atoms with van der Waals surface area (Å²) in [6.45, 7) is 0.962. The van der Waals surface area contributed by atoms with Crippen LogP contribution in [0.15, 0.2) is 52.4 Å². The highest BCUT2D eigenvalue weighted by Crippen LogP contribution is 2.24. The number of hydrogen-bond donors (Lipinski definition) is 1. The third-order valence-electron chi connectivity index (χ3n) is 4.05. The van der Waals surface area contributed by atoms with Gasteiger partial charge in [0.25, 0.3) is 10.0 Å². The molecule has 26 heavy (non-hydrogen) atoms. The Balaban J connectivity index is 1.86. The maximum absolute atomic E-state index is 12.7. The predicted molar refractivity (Wildman–Crippen MR) is 99.1 cm³/mol.